The molecule has 0 saturated heterocycles. The maximum atomic E-state index is 2.25. The van der Waals surface area contributed by atoms with Gasteiger partial charge < -0.3 is 4.90 Å². The molecule has 0 aliphatic carbocycles. The van der Waals surface area contributed by atoms with Gasteiger partial charge in [-0.3, -0.25) is 0 Å². The first-order chi connectivity index (χ1) is 19.4. The average molecular weight is 502 g/mol. The number of rotatable bonds is 6. The molecule has 0 fully saturated rings. The van der Waals surface area contributed by atoms with Crippen LogP contribution in [-0.4, -0.2) is 0 Å². The second-order valence-electron chi connectivity index (χ2n) is 9.04. The summed E-state index contributed by atoms with van der Waals surface area (Å²) in [6.07, 6.45) is 2.24. The van der Waals surface area contributed by atoms with Crippen molar-refractivity contribution in [3.63, 3.8) is 0 Å². The van der Waals surface area contributed by atoms with Gasteiger partial charge in [0, 0.05) is 17.1 Å². The van der Waals surface area contributed by atoms with Gasteiger partial charge in [-0.15, -0.1) is 0 Å². The molecule has 39 heavy (non-hydrogen) atoms. The van der Waals surface area contributed by atoms with Gasteiger partial charge in [0.15, 0.2) is 0 Å². The summed E-state index contributed by atoms with van der Waals surface area (Å²) in [7, 11) is 0. The largest absolute Gasteiger partial charge is 0.311 e. The highest BCUT2D eigenvalue weighted by Gasteiger charge is 2.10. The molecule has 6 aromatic rings. The van der Waals surface area contributed by atoms with Crippen molar-refractivity contribution in [2.75, 3.05) is 4.90 Å². The summed E-state index contributed by atoms with van der Waals surface area (Å²) in [5, 5.41) is 0. The van der Waals surface area contributed by atoms with E-state index in [4.69, 9.17) is 0 Å². The summed E-state index contributed by atoms with van der Waals surface area (Å²) in [6.45, 7) is 0. The molecule has 0 N–H and O–H groups in total. The summed E-state index contributed by atoms with van der Waals surface area (Å²) in [5.41, 5.74) is 8.44. The molecule has 0 atom stereocenters. The lowest BCUT2D eigenvalue weighted by Crippen LogP contribution is -2.09. The van der Waals surface area contributed by atoms with Crippen LogP contribution >= 0.6 is 0 Å². The van der Waals surface area contributed by atoms with Crippen molar-refractivity contribution in [2.45, 2.75) is 0 Å². The topological polar surface area (TPSA) is 3.24 Å². The predicted molar refractivity (Wildman–Crippen MR) is 167 cm³/mol. The molecule has 0 aliphatic heterocycles. The van der Waals surface area contributed by atoms with Gasteiger partial charge in [0.05, 0.1) is 0 Å². The van der Waals surface area contributed by atoms with E-state index in [1.807, 2.05) is 24.3 Å². The first-order valence-corrected chi connectivity index (χ1v) is 13.2. The fourth-order valence-corrected chi connectivity index (χ4v) is 4.46. The molecule has 6 aromatic carbocycles. The Labute approximate surface area is 232 Å². The number of nitrogens with zero attached hydrogens (tertiary/aromatic N) is 1. The molecule has 188 valence electrons. The lowest BCUT2D eigenvalue weighted by molar-refractivity contribution is 1.28. The molecule has 0 radical (unpaired) electrons. The second kappa shape index (κ2) is 13.4. The van der Waals surface area contributed by atoms with Gasteiger partial charge in [-0.05, 0) is 64.7 Å². The molecular formula is C38H31N. The minimum atomic E-state index is 1.17. The van der Waals surface area contributed by atoms with Crippen LogP contribution in [0.25, 0.3) is 11.6 Å². The quantitative estimate of drug-likeness (QED) is 0.205. The van der Waals surface area contributed by atoms with Crippen LogP contribution in [0.1, 0.15) is 16.7 Å². The summed E-state index contributed by atoms with van der Waals surface area (Å²) < 4.78 is 0. The first-order valence-electron chi connectivity index (χ1n) is 13.2. The SMILES string of the molecule is C(=C(c1ccccc1)c1ccccc1)c1ccccc1.c1ccc(N(c2ccccc2)c2ccccc2)cc1. The van der Waals surface area contributed by atoms with Crippen molar-refractivity contribution in [3.05, 3.63) is 199 Å². The molecule has 0 amide bonds. The maximum absolute atomic E-state index is 2.25. The fourth-order valence-electron chi connectivity index (χ4n) is 4.46. The zero-order valence-electron chi connectivity index (χ0n) is 21.8. The van der Waals surface area contributed by atoms with Crippen LogP contribution in [0.2, 0.25) is 0 Å². The van der Waals surface area contributed by atoms with Gasteiger partial charge >= 0.3 is 0 Å². The van der Waals surface area contributed by atoms with E-state index in [0.29, 0.717) is 0 Å². The molecule has 0 heterocycles. The Balaban J connectivity index is 0.000000158. The smallest absolute Gasteiger partial charge is 0.0461 e. The molecule has 1 heteroatoms. The highest BCUT2D eigenvalue weighted by Crippen LogP contribution is 2.33. The molecule has 0 unspecified atom stereocenters. The van der Waals surface area contributed by atoms with E-state index in [9.17, 15) is 0 Å². The van der Waals surface area contributed by atoms with E-state index in [2.05, 4.69) is 169 Å². The Morgan fingerprint density at radius 2 is 0.615 bits per heavy atom. The number of anilines is 3. The molecule has 0 spiro atoms. The molecule has 6 rings (SSSR count). The zero-order chi connectivity index (χ0) is 26.5. The highest BCUT2D eigenvalue weighted by molar-refractivity contribution is 5.91. The minimum absolute atomic E-state index is 1.17. The number of hydrogen-bond acceptors (Lipinski definition) is 1. The Morgan fingerprint density at radius 3 is 0.949 bits per heavy atom. The highest BCUT2D eigenvalue weighted by atomic mass is 15.1. The average Bonchev–Trinajstić information content (AvgIpc) is 3.03. The maximum Gasteiger partial charge on any atom is 0.0461 e. The van der Waals surface area contributed by atoms with Crippen molar-refractivity contribution in [3.8, 4) is 0 Å². The van der Waals surface area contributed by atoms with Gasteiger partial charge in [0.25, 0.3) is 0 Å². The van der Waals surface area contributed by atoms with Gasteiger partial charge in [0.2, 0.25) is 0 Å². The summed E-state index contributed by atoms with van der Waals surface area (Å²) >= 11 is 0. The predicted octanol–water partition coefficient (Wildman–Crippen LogP) is 10.4. The number of benzene rings is 6. The molecule has 0 saturated carbocycles. The molecule has 0 bridgehead atoms. The van der Waals surface area contributed by atoms with Crippen molar-refractivity contribution < 1.29 is 0 Å². The second-order valence-corrected chi connectivity index (χ2v) is 9.04. The van der Waals surface area contributed by atoms with E-state index in [1.54, 1.807) is 0 Å². The van der Waals surface area contributed by atoms with Crippen molar-refractivity contribution in [2.24, 2.45) is 0 Å². The van der Waals surface area contributed by atoms with Gasteiger partial charge in [-0.1, -0.05) is 146 Å². The molecular weight excluding hydrogens is 470 g/mol. The Hall–Kier alpha value is -5.14. The summed E-state index contributed by atoms with van der Waals surface area (Å²) in [5.74, 6) is 0. The van der Waals surface area contributed by atoms with Gasteiger partial charge in [-0.25, -0.2) is 0 Å². The van der Waals surface area contributed by atoms with E-state index in [-0.39, 0.29) is 0 Å². The third-order valence-corrected chi connectivity index (χ3v) is 6.32. The van der Waals surface area contributed by atoms with Crippen LogP contribution < -0.4 is 4.90 Å². The third kappa shape index (κ3) is 7.00. The van der Waals surface area contributed by atoms with E-state index in [1.165, 1.54) is 39.3 Å². The van der Waals surface area contributed by atoms with Crippen molar-refractivity contribution in [1.82, 2.24) is 0 Å². The van der Waals surface area contributed by atoms with Crippen molar-refractivity contribution in [1.29, 1.82) is 0 Å². The normalized spacial score (nSPS) is 10.1. The number of para-hydroxylation sites is 3. The Bertz CT molecular complexity index is 1410. The Morgan fingerprint density at radius 1 is 0.333 bits per heavy atom. The van der Waals surface area contributed by atoms with Crippen LogP contribution in [0.5, 0.6) is 0 Å². The standard InChI is InChI=1S/C20H16.C18H15N/c1-4-10-17(11-5-1)16-20(18-12-6-2-7-13-18)19-14-8-3-9-15-19;1-4-10-16(11-5-1)19(17-12-6-2-7-13-17)18-14-8-3-9-15-18/h1-16H;1-15H. The third-order valence-electron chi connectivity index (χ3n) is 6.32. The Kier molecular flexibility index (Phi) is 8.78. The van der Waals surface area contributed by atoms with E-state index >= 15 is 0 Å². The fraction of sp³-hybridized carbons (Fsp3) is 0. The van der Waals surface area contributed by atoms with E-state index in [0.717, 1.165) is 0 Å². The van der Waals surface area contributed by atoms with Gasteiger partial charge in [-0.2, -0.15) is 0 Å². The van der Waals surface area contributed by atoms with Crippen LogP contribution in [0, 0.1) is 0 Å². The number of hydrogen-bond donors (Lipinski definition) is 0. The first kappa shape index (κ1) is 25.5. The van der Waals surface area contributed by atoms with E-state index < -0.39 is 0 Å². The molecule has 1 nitrogen and oxygen atoms in total. The summed E-state index contributed by atoms with van der Waals surface area (Å²) in [4.78, 5) is 2.25. The zero-order valence-corrected chi connectivity index (χ0v) is 21.8. The monoisotopic (exact) mass is 501 g/mol. The molecule has 0 aliphatic rings. The van der Waals surface area contributed by atoms with Gasteiger partial charge in [0.1, 0.15) is 0 Å². The van der Waals surface area contributed by atoms with Crippen LogP contribution in [0.3, 0.4) is 0 Å². The van der Waals surface area contributed by atoms with Crippen molar-refractivity contribution >= 4 is 28.7 Å². The lowest BCUT2D eigenvalue weighted by Gasteiger charge is -2.25. The lowest BCUT2D eigenvalue weighted by atomic mass is 9.96. The summed E-state index contributed by atoms with van der Waals surface area (Å²) in [6, 6.07) is 62.7. The van der Waals surface area contributed by atoms with Crippen LogP contribution in [0.4, 0.5) is 17.1 Å². The molecule has 0 aromatic heterocycles. The van der Waals surface area contributed by atoms with Crippen LogP contribution in [-0.2, 0) is 0 Å². The minimum Gasteiger partial charge on any atom is -0.311 e. The van der Waals surface area contributed by atoms with Crippen LogP contribution in [0.15, 0.2) is 182 Å².